The molecule has 2 fully saturated rings. The summed E-state index contributed by atoms with van der Waals surface area (Å²) in [5.41, 5.74) is 0.618. The predicted octanol–water partition coefficient (Wildman–Crippen LogP) is 4.24. The largest absolute Gasteiger partial charge is 0.492 e. The van der Waals surface area contributed by atoms with Crippen LogP contribution in [-0.4, -0.2) is 66.6 Å². The van der Waals surface area contributed by atoms with E-state index in [1.165, 1.54) is 0 Å². The molecule has 3 heterocycles. The molecule has 4 rings (SSSR count). The first-order valence-electron chi connectivity index (χ1n) is 12.6. The highest BCUT2D eigenvalue weighted by Gasteiger charge is 2.33. The molecule has 1 saturated carbocycles. The van der Waals surface area contributed by atoms with Gasteiger partial charge in [0.15, 0.2) is 0 Å². The predicted molar refractivity (Wildman–Crippen MR) is 138 cm³/mol. The Balaban J connectivity index is 1.37. The fraction of sp³-hybridized carbons (Fsp3) is 0.615. The number of halogens is 1. The minimum Gasteiger partial charge on any atom is -0.492 e. The zero-order chi connectivity index (χ0) is 25.4. The molecule has 2 aliphatic rings. The molecule has 194 valence electrons. The molecule has 0 radical (unpaired) electrons. The molecule has 36 heavy (non-hydrogen) atoms. The van der Waals surface area contributed by atoms with E-state index >= 15 is 0 Å². The topological polar surface area (TPSA) is 114 Å². The molecule has 1 saturated heterocycles. The molecule has 10 heteroatoms. The van der Waals surface area contributed by atoms with Gasteiger partial charge in [-0.1, -0.05) is 11.6 Å². The first-order chi connectivity index (χ1) is 17.5. The highest BCUT2D eigenvalue weighted by molar-refractivity contribution is 6.32. The number of pyridine rings is 1. The maximum absolute atomic E-state index is 9.68. The van der Waals surface area contributed by atoms with Crippen molar-refractivity contribution in [3.8, 4) is 23.2 Å². The van der Waals surface area contributed by atoms with Crippen molar-refractivity contribution in [1.29, 1.82) is 5.26 Å². The molecule has 2 aromatic heterocycles. The third kappa shape index (κ3) is 7.04. The maximum Gasteiger partial charge on any atom is 0.223 e. The average molecular weight is 515 g/mol. The Morgan fingerprint density at radius 3 is 2.69 bits per heavy atom. The quantitative estimate of drug-likeness (QED) is 0.480. The lowest BCUT2D eigenvalue weighted by atomic mass is 9.83. The molecule has 9 nitrogen and oxygen atoms in total. The molecular weight excluding hydrogens is 480 g/mol. The van der Waals surface area contributed by atoms with Crippen molar-refractivity contribution in [3.63, 3.8) is 0 Å². The number of anilines is 1. The second kappa shape index (κ2) is 12.6. The molecule has 0 spiro atoms. The number of hydrogen-bond donors (Lipinski definition) is 2. The third-order valence-corrected chi connectivity index (χ3v) is 7.19. The van der Waals surface area contributed by atoms with Crippen molar-refractivity contribution >= 4 is 17.5 Å². The van der Waals surface area contributed by atoms with E-state index in [2.05, 4.69) is 38.6 Å². The van der Waals surface area contributed by atoms with Gasteiger partial charge in [-0.2, -0.15) is 5.26 Å². The molecule has 2 N–H and O–H groups in total. The number of nitrogens with one attached hydrogen (secondary N) is 2. The second-order valence-electron chi connectivity index (χ2n) is 9.78. The van der Waals surface area contributed by atoms with Crippen LogP contribution in [0.2, 0.25) is 5.02 Å². The van der Waals surface area contributed by atoms with E-state index in [1.807, 2.05) is 0 Å². The zero-order valence-corrected chi connectivity index (χ0v) is 21.8. The molecule has 1 unspecified atom stereocenters. The van der Waals surface area contributed by atoms with Gasteiger partial charge >= 0.3 is 0 Å². The van der Waals surface area contributed by atoms with Crippen LogP contribution in [0.25, 0.3) is 11.4 Å². The molecule has 0 amide bonds. The molecule has 0 aromatic carbocycles. The minimum absolute atomic E-state index is 0.305. The number of rotatable bonds is 10. The van der Waals surface area contributed by atoms with Crippen LogP contribution >= 0.6 is 11.6 Å². The number of methoxy groups -OCH3 is 1. The smallest absolute Gasteiger partial charge is 0.223 e. The van der Waals surface area contributed by atoms with E-state index in [0.29, 0.717) is 85.5 Å². The molecule has 2 aromatic rings. The summed E-state index contributed by atoms with van der Waals surface area (Å²) in [6, 6.07) is 7.17. The van der Waals surface area contributed by atoms with Crippen LogP contribution in [-0.2, 0) is 9.47 Å². The summed E-state index contributed by atoms with van der Waals surface area (Å²) in [5, 5.41) is 17.2. The monoisotopic (exact) mass is 514 g/mol. The van der Waals surface area contributed by atoms with Crippen molar-refractivity contribution in [2.45, 2.75) is 63.6 Å². The van der Waals surface area contributed by atoms with Crippen molar-refractivity contribution in [3.05, 3.63) is 29.5 Å². The van der Waals surface area contributed by atoms with E-state index < -0.39 is 5.41 Å². The normalized spacial score (nSPS) is 22.4. The molecule has 0 bridgehead atoms. The van der Waals surface area contributed by atoms with Crippen molar-refractivity contribution in [1.82, 2.24) is 20.3 Å². The first kappa shape index (κ1) is 26.6. The van der Waals surface area contributed by atoms with E-state index in [-0.39, 0.29) is 0 Å². The molecule has 1 aliphatic carbocycles. The average Bonchev–Trinajstić information content (AvgIpc) is 2.90. The number of ether oxygens (including phenoxy) is 3. The van der Waals surface area contributed by atoms with E-state index in [0.717, 1.165) is 25.7 Å². The van der Waals surface area contributed by atoms with Gasteiger partial charge in [0.05, 0.1) is 35.0 Å². The van der Waals surface area contributed by atoms with Gasteiger partial charge in [0.25, 0.3) is 0 Å². The van der Waals surface area contributed by atoms with Crippen molar-refractivity contribution < 1.29 is 14.2 Å². The minimum atomic E-state index is -0.526. The van der Waals surface area contributed by atoms with Gasteiger partial charge in [-0.25, -0.2) is 9.97 Å². The Labute approximate surface area is 217 Å². The van der Waals surface area contributed by atoms with Gasteiger partial charge in [-0.05, 0) is 51.5 Å². The molecular formula is C26H35ClN6O3. The van der Waals surface area contributed by atoms with E-state index in [4.69, 9.17) is 25.8 Å². The van der Waals surface area contributed by atoms with Crippen LogP contribution in [0.1, 0.15) is 45.4 Å². The number of hydrogen-bond acceptors (Lipinski definition) is 9. The Bertz CT molecular complexity index is 1030. The van der Waals surface area contributed by atoms with Crippen LogP contribution in [0.5, 0.6) is 5.75 Å². The number of aromatic nitrogens is 3. The summed E-state index contributed by atoms with van der Waals surface area (Å²) in [4.78, 5) is 13.5. The Morgan fingerprint density at radius 2 is 1.97 bits per heavy atom. The van der Waals surface area contributed by atoms with Gasteiger partial charge in [-0.3, -0.25) is 4.98 Å². The lowest BCUT2D eigenvalue weighted by Crippen LogP contribution is -2.43. The summed E-state index contributed by atoms with van der Waals surface area (Å²) in [7, 11) is 1.73. The summed E-state index contributed by atoms with van der Waals surface area (Å²) < 4.78 is 16.6. The van der Waals surface area contributed by atoms with Crippen molar-refractivity contribution in [2.75, 3.05) is 38.9 Å². The third-order valence-electron chi connectivity index (χ3n) is 6.92. The summed E-state index contributed by atoms with van der Waals surface area (Å²) >= 11 is 6.45. The zero-order valence-electron chi connectivity index (χ0n) is 21.0. The summed E-state index contributed by atoms with van der Waals surface area (Å²) in [5.74, 6) is 1.16. The molecule has 1 aliphatic heterocycles. The summed E-state index contributed by atoms with van der Waals surface area (Å²) in [6.07, 6.45) is 8.84. The van der Waals surface area contributed by atoms with Crippen LogP contribution in [0, 0.1) is 16.7 Å². The Morgan fingerprint density at radius 1 is 1.22 bits per heavy atom. The van der Waals surface area contributed by atoms with Crippen molar-refractivity contribution in [2.24, 2.45) is 5.41 Å². The fourth-order valence-corrected chi connectivity index (χ4v) is 4.99. The number of nitrogens with zero attached hydrogens (tertiary/aromatic N) is 4. The standard InChI is InChI=1S/C26H35ClN6O3/c1-18(15-34-2)31-19-3-5-20(6-4-19)32-25-30-14-22(27)24(33-25)23-13-21(7-10-29-23)36-17-26(16-28)8-11-35-12-9-26/h7,10,13-14,18-20,31H,3-6,8-9,11-12,15,17H2,1-2H3,(H,30,32,33). The lowest BCUT2D eigenvalue weighted by Gasteiger charge is -2.31. The van der Waals surface area contributed by atoms with Crippen LogP contribution in [0.3, 0.4) is 0 Å². The second-order valence-corrected chi connectivity index (χ2v) is 10.2. The van der Waals surface area contributed by atoms with Gasteiger partial charge in [-0.15, -0.1) is 0 Å². The van der Waals surface area contributed by atoms with E-state index in [1.54, 1.807) is 31.6 Å². The molecule has 1 atom stereocenters. The Hall–Kier alpha value is -2.51. The van der Waals surface area contributed by atoms with Gasteiger partial charge < -0.3 is 24.8 Å². The van der Waals surface area contributed by atoms with Crippen LogP contribution in [0.4, 0.5) is 5.95 Å². The lowest BCUT2D eigenvalue weighted by molar-refractivity contribution is 0.0191. The van der Waals surface area contributed by atoms with Gasteiger partial charge in [0, 0.05) is 50.7 Å². The van der Waals surface area contributed by atoms with E-state index in [9.17, 15) is 5.26 Å². The SMILES string of the molecule is COCC(C)NC1CCC(Nc2ncc(Cl)c(-c3cc(OCC4(C#N)CCOCC4)ccn3)n2)CC1. The first-order valence-corrected chi connectivity index (χ1v) is 13.0. The van der Waals surface area contributed by atoms with Crippen LogP contribution in [0.15, 0.2) is 24.5 Å². The number of nitriles is 1. The highest BCUT2D eigenvalue weighted by Crippen LogP contribution is 2.32. The maximum atomic E-state index is 9.68. The summed E-state index contributed by atoms with van der Waals surface area (Å²) in [6.45, 7) is 4.33. The Kier molecular flexibility index (Phi) is 9.32. The van der Waals surface area contributed by atoms with Gasteiger partial charge in [0.2, 0.25) is 5.95 Å². The van der Waals surface area contributed by atoms with Gasteiger partial charge in [0.1, 0.15) is 18.1 Å². The highest BCUT2D eigenvalue weighted by atomic mass is 35.5. The fourth-order valence-electron chi connectivity index (χ4n) is 4.81. The van der Waals surface area contributed by atoms with Crippen LogP contribution < -0.4 is 15.4 Å².